The number of hydrogen-bond acceptors (Lipinski definition) is 3. The Morgan fingerprint density at radius 2 is 1.72 bits per heavy atom. The maximum absolute atomic E-state index is 12.3. The Balaban J connectivity index is 1.46. The van der Waals surface area contributed by atoms with Crippen LogP contribution in [0.25, 0.3) is 21.8 Å². The molecule has 0 saturated carbocycles. The monoisotopic (exact) mass is 497 g/mol. The molecule has 0 aliphatic rings. The van der Waals surface area contributed by atoms with Crippen molar-refractivity contribution in [3.8, 4) is 5.75 Å². The van der Waals surface area contributed by atoms with Crippen LogP contribution in [-0.2, 0) is 11.3 Å². The Morgan fingerprint density at radius 3 is 2.34 bits per heavy atom. The normalized spacial score (nSPS) is 11.5. The fourth-order valence-corrected chi connectivity index (χ4v) is 4.31. The first-order chi connectivity index (χ1) is 14.0. The zero-order valence-electron chi connectivity index (χ0n) is 15.9. The van der Waals surface area contributed by atoms with E-state index in [0.717, 1.165) is 25.7 Å². The number of phenols is 1. The molecule has 1 heterocycles. The van der Waals surface area contributed by atoms with Crippen LogP contribution in [0.4, 0.5) is 0 Å². The van der Waals surface area contributed by atoms with Crippen molar-refractivity contribution in [2.45, 2.75) is 19.9 Å². The second kappa shape index (κ2) is 8.24. The van der Waals surface area contributed by atoms with Gasteiger partial charge in [0.1, 0.15) is 5.75 Å². The Morgan fingerprint density at radius 1 is 1.10 bits per heavy atom. The van der Waals surface area contributed by atoms with Crippen molar-refractivity contribution < 1.29 is 9.90 Å². The van der Waals surface area contributed by atoms with E-state index in [1.165, 1.54) is 10.8 Å². The van der Waals surface area contributed by atoms with E-state index in [0.29, 0.717) is 13.0 Å². The van der Waals surface area contributed by atoms with Crippen LogP contribution in [0, 0.1) is 10.5 Å². The molecule has 2 N–H and O–H groups in total. The van der Waals surface area contributed by atoms with Crippen LogP contribution in [0.5, 0.6) is 5.75 Å². The topological polar surface area (TPSA) is 66.6 Å². The minimum absolute atomic E-state index is 0.145. The third-order valence-electron chi connectivity index (χ3n) is 4.92. The molecule has 6 heteroatoms. The summed E-state index contributed by atoms with van der Waals surface area (Å²) in [6.07, 6.45) is 1.92. The molecule has 0 aliphatic carbocycles. The molecule has 0 bridgehead atoms. The van der Waals surface area contributed by atoms with Crippen molar-refractivity contribution in [1.29, 1.82) is 0 Å². The SMILES string of the molecule is Cc1cc(C=NNC(=O)CCn2c3ccccc3c3ccccc32)cc(I)c1O. The number of carbonyl (C=O) groups excluding carboxylic acids is 1. The molecule has 0 spiro atoms. The van der Waals surface area contributed by atoms with Crippen LogP contribution in [0.3, 0.4) is 0 Å². The second-order valence-corrected chi connectivity index (χ2v) is 8.06. The van der Waals surface area contributed by atoms with Gasteiger partial charge in [-0.25, -0.2) is 5.43 Å². The molecule has 146 valence electrons. The van der Waals surface area contributed by atoms with Crippen LogP contribution in [0.15, 0.2) is 65.8 Å². The number of aromatic nitrogens is 1. The van der Waals surface area contributed by atoms with Gasteiger partial charge in [0, 0.05) is 34.8 Å². The van der Waals surface area contributed by atoms with Crippen LogP contribution >= 0.6 is 22.6 Å². The highest BCUT2D eigenvalue weighted by atomic mass is 127. The maximum Gasteiger partial charge on any atom is 0.241 e. The number of aryl methyl sites for hydroxylation is 2. The number of hydrazone groups is 1. The molecule has 29 heavy (non-hydrogen) atoms. The Hall–Kier alpha value is -2.87. The molecule has 0 unspecified atom stereocenters. The molecular formula is C23H20IN3O2. The Kier molecular flexibility index (Phi) is 5.53. The summed E-state index contributed by atoms with van der Waals surface area (Å²) < 4.78 is 2.93. The van der Waals surface area contributed by atoms with Gasteiger partial charge in [-0.3, -0.25) is 4.79 Å². The molecule has 0 saturated heterocycles. The van der Waals surface area contributed by atoms with Gasteiger partial charge in [0.15, 0.2) is 0 Å². The first-order valence-corrected chi connectivity index (χ1v) is 10.4. The zero-order valence-corrected chi connectivity index (χ0v) is 18.1. The molecule has 0 atom stereocenters. The number of fused-ring (bicyclic) bond motifs is 3. The number of nitrogens with one attached hydrogen (secondary N) is 1. The first kappa shape index (κ1) is 19.4. The average molecular weight is 497 g/mol. The fourth-order valence-electron chi connectivity index (χ4n) is 3.53. The van der Waals surface area contributed by atoms with Crippen molar-refractivity contribution in [2.75, 3.05) is 0 Å². The summed E-state index contributed by atoms with van der Waals surface area (Å²) in [6, 6.07) is 20.1. The zero-order chi connectivity index (χ0) is 20.4. The molecule has 1 amide bonds. The van der Waals surface area contributed by atoms with Gasteiger partial charge >= 0.3 is 0 Å². The predicted molar refractivity (Wildman–Crippen MR) is 125 cm³/mol. The van der Waals surface area contributed by atoms with Gasteiger partial charge in [-0.2, -0.15) is 5.10 Å². The van der Waals surface area contributed by atoms with E-state index in [1.54, 1.807) is 6.21 Å². The van der Waals surface area contributed by atoms with Crippen LogP contribution < -0.4 is 5.43 Å². The van der Waals surface area contributed by atoms with Crippen molar-refractivity contribution in [2.24, 2.45) is 5.10 Å². The number of benzene rings is 3. The summed E-state index contributed by atoms with van der Waals surface area (Å²) >= 11 is 2.07. The average Bonchev–Trinajstić information content (AvgIpc) is 3.04. The summed E-state index contributed by atoms with van der Waals surface area (Å²) in [5.41, 5.74) is 6.44. The number of halogens is 1. The van der Waals surface area contributed by atoms with Crippen molar-refractivity contribution in [3.63, 3.8) is 0 Å². The van der Waals surface area contributed by atoms with E-state index in [1.807, 2.05) is 43.3 Å². The number of nitrogens with zero attached hydrogens (tertiary/aromatic N) is 2. The van der Waals surface area contributed by atoms with Crippen LogP contribution in [0.1, 0.15) is 17.5 Å². The number of phenolic OH excluding ortho intramolecular Hbond substituents is 1. The third-order valence-corrected chi connectivity index (χ3v) is 5.74. The fraction of sp³-hybridized carbons (Fsp3) is 0.130. The molecular weight excluding hydrogens is 477 g/mol. The molecule has 3 aromatic carbocycles. The first-order valence-electron chi connectivity index (χ1n) is 9.31. The lowest BCUT2D eigenvalue weighted by atomic mass is 10.1. The van der Waals surface area contributed by atoms with Gasteiger partial charge in [-0.05, 0) is 64.9 Å². The molecule has 0 radical (unpaired) electrons. The van der Waals surface area contributed by atoms with E-state index < -0.39 is 0 Å². The van der Waals surface area contributed by atoms with Gasteiger partial charge in [0.2, 0.25) is 5.91 Å². The highest BCUT2D eigenvalue weighted by molar-refractivity contribution is 14.1. The van der Waals surface area contributed by atoms with E-state index >= 15 is 0 Å². The van der Waals surface area contributed by atoms with Gasteiger partial charge in [-0.15, -0.1) is 0 Å². The Labute approximate surface area is 182 Å². The lowest BCUT2D eigenvalue weighted by molar-refractivity contribution is -0.121. The van der Waals surface area contributed by atoms with Gasteiger partial charge in [-0.1, -0.05) is 36.4 Å². The molecule has 0 aliphatic heterocycles. The van der Waals surface area contributed by atoms with Gasteiger partial charge in [0.05, 0.1) is 9.78 Å². The summed E-state index contributed by atoms with van der Waals surface area (Å²) in [4.78, 5) is 12.3. The summed E-state index contributed by atoms with van der Waals surface area (Å²) in [5, 5.41) is 16.3. The third kappa shape index (κ3) is 3.98. The minimum atomic E-state index is -0.145. The van der Waals surface area contributed by atoms with Crippen LogP contribution in [0.2, 0.25) is 0 Å². The number of hydrogen-bond donors (Lipinski definition) is 2. The number of carbonyl (C=O) groups is 1. The van der Waals surface area contributed by atoms with E-state index in [2.05, 4.69) is 62.0 Å². The number of rotatable bonds is 5. The molecule has 1 aromatic heterocycles. The maximum atomic E-state index is 12.3. The highest BCUT2D eigenvalue weighted by Crippen LogP contribution is 2.28. The number of para-hydroxylation sites is 2. The molecule has 0 fully saturated rings. The van der Waals surface area contributed by atoms with Gasteiger partial charge in [0.25, 0.3) is 0 Å². The summed E-state index contributed by atoms with van der Waals surface area (Å²) in [7, 11) is 0. The highest BCUT2D eigenvalue weighted by Gasteiger charge is 2.10. The largest absolute Gasteiger partial charge is 0.507 e. The predicted octanol–water partition coefficient (Wildman–Crippen LogP) is 4.95. The van der Waals surface area contributed by atoms with E-state index in [4.69, 9.17) is 0 Å². The standard InChI is InChI=1S/C23H20IN3O2/c1-15-12-16(13-19(24)23(15)29)14-25-26-22(28)10-11-27-20-8-4-2-6-17(20)18-7-3-5-9-21(18)27/h2-9,12-14,29H,10-11H2,1H3,(H,26,28). The quantitative estimate of drug-likeness (QED) is 0.233. The molecule has 4 aromatic rings. The second-order valence-electron chi connectivity index (χ2n) is 6.90. The van der Waals surface area contributed by atoms with Gasteiger partial charge < -0.3 is 9.67 Å². The summed E-state index contributed by atoms with van der Waals surface area (Å²) in [6.45, 7) is 2.41. The molecule has 4 rings (SSSR count). The van der Waals surface area contributed by atoms with Crippen LogP contribution in [-0.4, -0.2) is 21.8 Å². The number of amides is 1. The lowest BCUT2D eigenvalue weighted by Gasteiger charge is -2.07. The van der Waals surface area contributed by atoms with E-state index in [9.17, 15) is 9.90 Å². The molecule has 5 nitrogen and oxygen atoms in total. The summed E-state index contributed by atoms with van der Waals surface area (Å²) in [5.74, 6) is 0.131. The lowest BCUT2D eigenvalue weighted by Crippen LogP contribution is -2.19. The minimum Gasteiger partial charge on any atom is -0.507 e. The van der Waals surface area contributed by atoms with E-state index in [-0.39, 0.29) is 11.7 Å². The Bertz CT molecular complexity index is 1170. The van der Waals surface area contributed by atoms with Crippen molar-refractivity contribution in [1.82, 2.24) is 9.99 Å². The van der Waals surface area contributed by atoms with Crippen molar-refractivity contribution in [3.05, 3.63) is 75.4 Å². The number of aromatic hydroxyl groups is 1. The van der Waals surface area contributed by atoms with Crippen molar-refractivity contribution >= 4 is 56.5 Å². The smallest absolute Gasteiger partial charge is 0.241 e.